The molecule has 0 saturated heterocycles. The topological polar surface area (TPSA) is 9.23 Å². The van der Waals surface area contributed by atoms with Gasteiger partial charge in [0.1, 0.15) is 0 Å². The summed E-state index contributed by atoms with van der Waals surface area (Å²) < 4.78 is 6.08. The molecule has 0 saturated carbocycles. The molecule has 0 bridgehead atoms. The van der Waals surface area contributed by atoms with Crippen LogP contribution >= 0.6 is 20.8 Å². The minimum absolute atomic E-state index is 0.639. The van der Waals surface area contributed by atoms with Crippen molar-refractivity contribution in [3.05, 3.63) is 91.0 Å². The van der Waals surface area contributed by atoms with Crippen LogP contribution in [0, 0.1) is 0 Å². The minimum atomic E-state index is -2.86. The van der Waals surface area contributed by atoms with Gasteiger partial charge in [0.05, 0.1) is 0 Å². The zero-order valence-electron chi connectivity index (χ0n) is 13.8. The van der Waals surface area contributed by atoms with Crippen LogP contribution in [0.25, 0.3) is 0 Å². The summed E-state index contributed by atoms with van der Waals surface area (Å²) in [5.41, 5.74) is 0. The van der Waals surface area contributed by atoms with Gasteiger partial charge in [0.2, 0.25) is 0 Å². The summed E-state index contributed by atoms with van der Waals surface area (Å²) in [6.07, 6.45) is 0.639. The van der Waals surface area contributed by atoms with E-state index in [1.807, 2.05) is 0 Å². The van der Waals surface area contributed by atoms with E-state index < -0.39 is 5.31 Å². The van der Waals surface area contributed by atoms with Crippen LogP contribution < -0.4 is 15.9 Å². The predicted octanol–water partition coefficient (Wildman–Crippen LogP) is 4.82. The molecule has 0 N–H and O–H groups in total. The Bertz CT molecular complexity index is 675. The van der Waals surface area contributed by atoms with Crippen LogP contribution in [0.1, 0.15) is 6.92 Å². The van der Waals surface area contributed by atoms with Crippen molar-refractivity contribution in [1.29, 1.82) is 0 Å². The Hall–Kier alpha value is -1.47. The Balaban J connectivity index is 2.37. The normalized spacial score (nSPS) is 13.2. The van der Waals surface area contributed by atoms with Crippen molar-refractivity contribution in [2.24, 2.45) is 0 Å². The Morgan fingerprint density at radius 3 is 1.29 bits per heavy atom. The summed E-state index contributed by atoms with van der Waals surface area (Å²) in [6.45, 7) is 2.74. The molecule has 0 heterocycles. The van der Waals surface area contributed by atoms with Gasteiger partial charge in [-0.25, -0.2) is 0 Å². The number of hydrogen-bond acceptors (Lipinski definition) is 1. The zero-order valence-corrected chi connectivity index (χ0v) is 16.3. The van der Waals surface area contributed by atoms with Crippen molar-refractivity contribution in [2.45, 2.75) is 6.92 Å². The van der Waals surface area contributed by atoms with Crippen molar-refractivity contribution in [2.75, 3.05) is 13.0 Å². The maximum atomic E-state index is 6.08. The van der Waals surface area contributed by atoms with Crippen LogP contribution in [0.4, 0.5) is 0 Å². The molecule has 0 fully saturated rings. The van der Waals surface area contributed by atoms with Gasteiger partial charge in [-0.05, 0) is 0 Å². The van der Waals surface area contributed by atoms with Crippen molar-refractivity contribution >= 4 is 36.7 Å². The number of halogens is 1. The van der Waals surface area contributed by atoms with Crippen molar-refractivity contribution < 1.29 is 4.74 Å². The summed E-state index contributed by atoms with van der Waals surface area (Å²) in [5, 5.41) is 0.997. The fraction of sp³-hybridized carbons (Fsp3) is 0.143. The first-order valence-electron chi connectivity index (χ1n) is 8.17. The average molecular weight is 401 g/mol. The third-order valence-electron chi connectivity index (χ3n) is 4.42. The Morgan fingerprint density at radius 1 is 0.667 bits per heavy atom. The molecule has 24 heavy (non-hydrogen) atoms. The molecule has 124 valence electrons. The molecule has 3 aromatic carbocycles. The van der Waals surface area contributed by atoms with E-state index >= 15 is 0 Å². The molecule has 0 radical (unpaired) electrons. The van der Waals surface area contributed by atoms with Gasteiger partial charge in [0.25, 0.3) is 0 Å². The van der Waals surface area contributed by atoms with E-state index in [1.54, 1.807) is 0 Å². The van der Waals surface area contributed by atoms with E-state index in [1.165, 1.54) is 15.9 Å². The predicted molar refractivity (Wildman–Crippen MR) is 111 cm³/mol. The molecule has 3 aromatic rings. The summed E-state index contributed by atoms with van der Waals surface area (Å²) in [7, 11) is 0. The molecule has 0 amide bonds. The quantitative estimate of drug-likeness (QED) is 0.539. The van der Waals surface area contributed by atoms with E-state index in [-0.39, 0.29) is 0 Å². The van der Waals surface area contributed by atoms with E-state index in [2.05, 4.69) is 113 Å². The van der Waals surface area contributed by atoms with Gasteiger partial charge in [-0.15, -0.1) is 0 Å². The molecule has 3 rings (SSSR count). The van der Waals surface area contributed by atoms with Gasteiger partial charge < -0.3 is 0 Å². The molecule has 0 aliphatic heterocycles. The van der Waals surface area contributed by atoms with Crippen LogP contribution in [0.5, 0.6) is 0 Å². The number of hydrogen-bond donors (Lipinski definition) is 0. The number of rotatable bonds is 6. The van der Waals surface area contributed by atoms with Crippen LogP contribution in [0.2, 0.25) is 0 Å². The summed E-state index contributed by atoms with van der Waals surface area (Å²) in [5.74, 6) is 0. The van der Waals surface area contributed by atoms with Crippen LogP contribution in [0.3, 0.4) is 0 Å². The Kier molecular flexibility index (Phi) is 5.20. The monoisotopic (exact) mass is 400 g/mol. The molecule has 0 aliphatic carbocycles. The van der Waals surface area contributed by atoms with E-state index in [0.717, 1.165) is 0 Å². The van der Waals surface area contributed by atoms with Gasteiger partial charge >= 0.3 is 152 Å². The summed E-state index contributed by atoms with van der Waals surface area (Å²) in [4.78, 5) is 0. The molecule has 0 spiro atoms. The van der Waals surface area contributed by atoms with E-state index in [9.17, 15) is 0 Å². The first-order valence-corrected chi connectivity index (χ1v) is 12.6. The molecule has 0 aromatic heterocycles. The zero-order chi connectivity index (χ0) is 16.9. The fourth-order valence-corrected chi connectivity index (χ4v) is 9.96. The SMILES string of the molecule is CCOCP(Br)(c1ccccc1)(c1ccccc1)c1ccccc1. The Labute approximate surface area is 152 Å². The first kappa shape index (κ1) is 17.4. The van der Waals surface area contributed by atoms with Gasteiger partial charge in [-0.1, -0.05) is 0 Å². The van der Waals surface area contributed by atoms with Crippen molar-refractivity contribution in [3.8, 4) is 0 Å². The summed E-state index contributed by atoms with van der Waals surface area (Å²) >= 11 is 4.32. The van der Waals surface area contributed by atoms with Crippen LogP contribution in [-0.2, 0) is 4.74 Å². The molecule has 1 nitrogen and oxygen atoms in total. The number of benzene rings is 3. The second-order valence-corrected chi connectivity index (χ2v) is 14.7. The molecular formula is C21H22BrOP. The fourth-order valence-electron chi connectivity index (χ4n) is 3.15. The molecular weight excluding hydrogens is 379 g/mol. The molecule has 0 unspecified atom stereocenters. The number of ether oxygens (including phenoxy) is 1. The molecule has 0 atom stereocenters. The maximum absolute atomic E-state index is 6.08. The molecule has 3 heteroatoms. The third kappa shape index (κ3) is 2.84. The second kappa shape index (κ2) is 7.19. The Morgan fingerprint density at radius 2 is 1.00 bits per heavy atom. The van der Waals surface area contributed by atoms with Gasteiger partial charge in [0, 0.05) is 0 Å². The molecule has 0 aliphatic rings. The van der Waals surface area contributed by atoms with Crippen molar-refractivity contribution in [3.63, 3.8) is 0 Å². The van der Waals surface area contributed by atoms with Crippen LogP contribution in [0.15, 0.2) is 91.0 Å². The average Bonchev–Trinajstić information content (AvgIpc) is 2.68. The summed E-state index contributed by atoms with van der Waals surface area (Å²) in [6, 6.07) is 32.1. The van der Waals surface area contributed by atoms with Crippen LogP contribution in [-0.4, -0.2) is 13.0 Å². The van der Waals surface area contributed by atoms with Gasteiger partial charge in [-0.2, -0.15) is 0 Å². The standard InChI is InChI=1S/C21H22BrOP/c1-2-23-18-24(22,19-12-6-3-7-13-19,20-14-8-4-9-15-20)21-16-10-5-11-17-21/h3-17H,2,18H2,1H3. The first-order chi connectivity index (χ1) is 11.7. The second-order valence-electron chi connectivity index (χ2n) is 5.81. The van der Waals surface area contributed by atoms with E-state index in [4.69, 9.17) is 4.74 Å². The van der Waals surface area contributed by atoms with E-state index in [0.29, 0.717) is 13.0 Å². The van der Waals surface area contributed by atoms with Gasteiger partial charge in [0.15, 0.2) is 0 Å². The third-order valence-corrected chi connectivity index (χ3v) is 13.5. The van der Waals surface area contributed by atoms with Gasteiger partial charge in [-0.3, -0.25) is 0 Å². The van der Waals surface area contributed by atoms with Crippen molar-refractivity contribution in [1.82, 2.24) is 0 Å².